The highest BCUT2D eigenvalue weighted by Gasteiger charge is 2.24. The number of ether oxygens (including phenoxy) is 1. The molecule has 0 saturated carbocycles. The quantitative estimate of drug-likeness (QED) is 0.565. The lowest BCUT2D eigenvalue weighted by atomic mass is 10.1. The number of hydrogen-bond donors (Lipinski definition) is 2. The van der Waals surface area contributed by atoms with Gasteiger partial charge in [-0.2, -0.15) is 0 Å². The van der Waals surface area contributed by atoms with Gasteiger partial charge in [0.05, 0.1) is 22.7 Å². The molecule has 5 nitrogen and oxygen atoms in total. The van der Waals surface area contributed by atoms with Gasteiger partial charge in [0.2, 0.25) is 0 Å². The second-order valence-electron chi connectivity index (χ2n) is 5.66. The molecule has 0 spiro atoms. The maximum Gasteiger partial charge on any atom is 0.264 e. The summed E-state index contributed by atoms with van der Waals surface area (Å²) in [5.74, 6) is 0.168. The number of methoxy groups -OCH3 is 1. The first kappa shape index (κ1) is 19.1. The van der Waals surface area contributed by atoms with Gasteiger partial charge in [-0.25, -0.2) is 4.99 Å². The lowest BCUT2D eigenvalue weighted by Gasteiger charge is -2.09. The zero-order valence-corrected chi connectivity index (χ0v) is 16.1. The van der Waals surface area contributed by atoms with Crippen LogP contribution < -0.4 is 10.1 Å². The van der Waals surface area contributed by atoms with Crippen molar-refractivity contribution in [1.29, 1.82) is 0 Å². The summed E-state index contributed by atoms with van der Waals surface area (Å²) in [6.45, 7) is 3.69. The van der Waals surface area contributed by atoms with Crippen LogP contribution in [0.3, 0.4) is 0 Å². The molecule has 0 aromatic heterocycles. The molecule has 1 fully saturated rings. The molecule has 138 valence electrons. The maximum atomic E-state index is 12.3. The smallest absolute Gasteiger partial charge is 0.264 e. The van der Waals surface area contributed by atoms with Gasteiger partial charge in [0.15, 0.2) is 16.7 Å². The van der Waals surface area contributed by atoms with Crippen LogP contribution in [0.4, 0.5) is 5.69 Å². The predicted molar refractivity (Wildman–Crippen MR) is 111 cm³/mol. The Morgan fingerprint density at radius 1 is 1.37 bits per heavy atom. The SMILES string of the molecule is C=CCc1cc(/C=C2/SC(=Nc3ccccc3Cl)NC2=O)cc(OC)c1O. The number of nitrogens with one attached hydrogen (secondary N) is 1. The van der Waals surface area contributed by atoms with E-state index in [2.05, 4.69) is 16.9 Å². The van der Waals surface area contributed by atoms with E-state index in [1.54, 1.807) is 36.4 Å². The molecular formula is C20H17ClN2O3S. The third kappa shape index (κ3) is 4.35. The van der Waals surface area contributed by atoms with E-state index in [4.69, 9.17) is 16.3 Å². The monoisotopic (exact) mass is 400 g/mol. The summed E-state index contributed by atoms with van der Waals surface area (Å²) in [6, 6.07) is 10.6. The molecule has 0 aliphatic carbocycles. The Kier molecular flexibility index (Phi) is 5.88. The van der Waals surface area contributed by atoms with E-state index >= 15 is 0 Å². The summed E-state index contributed by atoms with van der Waals surface area (Å²) in [4.78, 5) is 17.2. The number of rotatable bonds is 5. The minimum atomic E-state index is -0.247. The minimum absolute atomic E-state index is 0.0732. The molecule has 1 amide bonds. The van der Waals surface area contributed by atoms with Crippen LogP contribution in [0.15, 0.2) is 59.0 Å². The second-order valence-corrected chi connectivity index (χ2v) is 7.09. The fraction of sp³-hybridized carbons (Fsp3) is 0.100. The number of para-hydroxylation sites is 1. The zero-order valence-electron chi connectivity index (χ0n) is 14.5. The van der Waals surface area contributed by atoms with E-state index in [-0.39, 0.29) is 11.7 Å². The van der Waals surface area contributed by atoms with Crippen molar-refractivity contribution in [2.45, 2.75) is 6.42 Å². The van der Waals surface area contributed by atoms with Crippen LogP contribution in [0, 0.1) is 0 Å². The number of carbonyl (C=O) groups is 1. The number of phenols is 1. The maximum absolute atomic E-state index is 12.3. The van der Waals surface area contributed by atoms with Crippen molar-refractivity contribution in [3.8, 4) is 11.5 Å². The Hall–Kier alpha value is -2.70. The van der Waals surface area contributed by atoms with Crippen molar-refractivity contribution in [1.82, 2.24) is 5.32 Å². The number of allylic oxidation sites excluding steroid dienone is 1. The van der Waals surface area contributed by atoms with Gasteiger partial charge in [0.25, 0.3) is 5.91 Å². The molecule has 2 aromatic rings. The molecule has 27 heavy (non-hydrogen) atoms. The van der Waals surface area contributed by atoms with Crippen LogP contribution in [-0.4, -0.2) is 23.3 Å². The van der Waals surface area contributed by atoms with Crippen LogP contribution in [0.5, 0.6) is 11.5 Å². The number of benzene rings is 2. The molecule has 2 aromatic carbocycles. The lowest BCUT2D eigenvalue weighted by Crippen LogP contribution is -2.19. The molecule has 1 heterocycles. The molecule has 0 atom stereocenters. The summed E-state index contributed by atoms with van der Waals surface area (Å²) in [5.41, 5.74) is 1.99. The molecule has 3 rings (SSSR count). The Morgan fingerprint density at radius 2 is 2.15 bits per heavy atom. The van der Waals surface area contributed by atoms with Gasteiger partial charge >= 0.3 is 0 Å². The number of aromatic hydroxyl groups is 1. The molecule has 1 aliphatic heterocycles. The standard InChI is InChI=1S/C20H17ClN2O3S/c1-3-6-13-9-12(10-16(26-2)18(13)24)11-17-19(25)23-20(27-17)22-15-8-5-4-7-14(15)21/h3-5,7-11,24H,1,6H2,2H3,(H,22,23,25)/b17-11+. The van der Waals surface area contributed by atoms with Crippen LogP contribution in [0.25, 0.3) is 6.08 Å². The van der Waals surface area contributed by atoms with Gasteiger partial charge in [-0.1, -0.05) is 29.8 Å². The van der Waals surface area contributed by atoms with Crippen LogP contribution in [0.1, 0.15) is 11.1 Å². The van der Waals surface area contributed by atoms with Crippen molar-refractivity contribution < 1.29 is 14.6 Å². The van der Waals surface area contributed by atoms with Gasteiger partial charge < -0.3 is 15.2 Å². The van der Waals surface area contributed by atoms with E-state index in [0.29, 0.717) is 38.5 Å². The molecule has 2 N–H and O–H groups in total. The van der Waals surface area contributed by atoms with Crippen LogP contribution in [0.2, 0.25) is 5.02 Å². The number of nitrogens with zero attached hydrogens (tertiary/aromatic N) is 1. The first-order valence-electron chi connectivity index (χ1n) is 8.06. The lowest BCUT2D eigenvalue weighted by molar-refractivity contribution is -0.115. The number of amides is 1. The predicted octanol–water partition coefficient (Wildman–Crippen LogP) is 4.67. The zero-order chi connectivity index (χ0) is 19.4. The van der Waals surface area contributed by atoms with Crippen molar-refractivity contribution in [2.24, 2.45) is 4.99 Å². The van der Waals surface area contributed by atoms with E-state index in [9.17, 15) is 9.90 Å². The molecule has 1 saturated heterocycles. The average Bonchev–Trinajstić information content (AvgIpc) is 2.99. The van der Waals surface area contributed by atoms with Crippen LogP contribution in [-0.2, 0) is 11.2 Å². The molecular weight excluding hydrogens is 384 g/mol. The number of aliphatic imine (C=N–C) groups is 1. The van der Waals surface area contributed by atoms with E-state index in [1.807, 2.05) is 12.1 Å². The summed E-state index contributed by atoms with van der Waals surface area (Å²) < 4.78 is 5.22. The number of carbonyl (C=O) groups excluding carboxylic acids is 1. The second kappa shape index (κ2) is 8.33. The summed E-state index contributed by atoms with van der Waals surface area (Å²) in [5, 5.41) is 13.9. The molecule has 0 bridgehead atoms. The summed E-state index contributed by atoms with van der Waals surface area (Å²) in [7, 11) is 1.48. The molecule has 0 radical (unpaired) electrons. The van der Waals surface area contributed by atoms with Crippen molar-refractivity contribution >= 4 is 46.2 Å². The average molecular weight is 401 g/mol. The van der Waals surface area contributed by atoms with Gasteiger partial charge in [-0.05, 0) is 54.1 Å². The Bertz CT molecular complexity index is 970. The highest BCUT2D eigenvalue weighted by Crippen LogP contribution is 2.35. The Labute approximate surface area is 166 Å². The molecule has 1 aliphatic rings. The van der Waals surface area contributed by atoms with E-state index in [1.165, 1.54) is 18.9 Å². The molecule has 7 heteroatoms. The van der Waals surface area contributed by atoms with Crippen LogP contribution >= 0.6 is 23.4 Å². The highest BCUT2D eigenvalue weighted by atomic mass is 35.5. The van der Waals surface area contributed by atoms with Crippen molar-refractivity contribution in [2.75, 3.05) is 7.11 Å². The number of thioether (sulfide) groups is 1. The fourth-order valence-electron chi connectivity index (χ4n) is 2.52. The summed E-state index contributed by atoms with van der Waals surface area (Å²) >= 11 is 7.33. The van der Waals surface area contributed by atoms with Gasteiger partial charge in [0.1, 0.15) is 0 Å². The minimum Gasteiger partial charge on any atom is -0.504 e. The first-order valence-corrected chi connectivity index (χ1v) is 9.26. The van der Waals surface area contributed by atoms with E-state index < -0.39 is 0 Å². The number of halogens is 1. The highest BCUT2D eigenvalue weighted by molar-refractivity contribution is 8.18. The van der Waals surface area contributed by atoms with Gasteiger partial charge in [0, 0.05) is 5.56 Å². The van der Waals surface area contributed by atoms with Crippen molar-refractivity contribution in [3.63, 3.8) is 0 Å². The Morgan fingerprint density at radius 3 is 2.85 bits per heavy atom. The summed E-state index contributed by atoms with van der Waals surface area (Å²) in [6.07, 6.45) is 3.90. The fourth-order valence-corrected chi connectivity index (χ4v) is 3.54. The van der Waals surface area contributed by atoms with Crippen molar-refractivity contribution in [3.05, 3.63) is 70.1 Å². The largest absolute Gasteiger partial charge is 0.504 e. The number of amidine groups is 1. The first-order chi connectivity index (χ1) is 13.0. The molecule has 0 unspecified atom stereocenters. The topological polar surface area (TPSA) is 70.9 Å². The van der Waals surface area contributed by atoms with Gasteiger partial charge in [-0.3, -0.25) is 4.79 Å². The Balaban J connectivity index is 1.92. The number of hydrogen-bond acceptors (Lipinski definition) is 5. The van der Waals surface area contributed by atoms with Gasteiger partial charge in [-0.15, -0.1) is 6.58 Å². The third-order valence-electron chi connectivity index (χ3n) is 3.78. The third-order valence-corrected chi connectivity index (χ3v) is 5.01. The van der Waals surface area contributed by atoms with E-state index in [0.717, 1.165) is 5.56 Å². The number of phenolic OH excluding ortho intramolecular Hbond substituents is 1. The normalized spacial score (nSPS) is 16.6.